The first-order valence-electron chi connectivity index (χ1n) is 11.9. The van der Waals surface area contributed by atoms with Gasteiger partial charge in [-0.3, -0.25) is 4.90 Å². The number of hydrogen-bond acceptors (Lipinski definition) is 4. The minimum absolute atomic E-state index is 0.0956. The van der Waals surface area contributed by atoms with Gasteiger partial charge in [-0.15, -0.1) is 0 Å². The molecule has 4 rings (SSSR count). The molecule has 7 heteroatoms. The van der Waals surface area contributed by atoms with Crippen molar-refractivity contribution in [3.05, 3.63) is 94.5 Å². The Morgan fingerprint density at radius 2 is 1.74 bits per heavy atom. The molecule has 1 fully saturated rings. The molecule has 0 bridgehead atoms. The molecule has 1 aliphatic heterocycles. The number of aryl methyl sites for hydroxylation is 1. The second kappa shape index (κ2) is 12.1. The Morgan fingerprint density at radius 1 is 1.00 bits per heavy atom. The summed E-state index contributed by atoms with van der Waals surface area (Å²) in [5.74, 6) is 0.649. The molecule has 0 aromatic heterocycles. The standard InChI is InChI=1S/C28H32ClN3O3/c1-21-6-5-7-22(18-21)20-35-27(23-10-12-24(29)13-11-23)19-31-14-16-32(17-15-31)28(33)30-25-8-3-4-9-26(25)34-2/h3-13,18,27H,14-17,19-20H2,1-2H3,(H,30,33). The molecule has 3 aromatic rings. The topological polar surface area (TPSA) is 54.0 Å². The van der Waals surface area contributed by atoms with Gasteiger partial charge in [0.15, 0.2) is 0 Å². The van der Waals surface area contributed by atoms with E-state index in [4.69, 9.17) is 21.1 Å². The highest BCUT2D eigenvalue weighted by Crippen LogP contribution is 2.25. The fourth-order valence-corrected chi connectivity index (χ4v) is 4.37. The largest absolute Gasteiger partial charge is 0.495 e. The van der Waals surface area contributed by atoms with Crippen molar-refractivity contribution < 1.29 is 14.3 Å². The Morgan fingerprint density at radius 3 is 2.46 bits per heavy atom. The van der Waals surface area contributed by atoms with Crippen molar-refractivity contribution in [2.75, 3.05) is 45.2 Å². The highest BCUT2D eigenvalue weighted by Gasteiger charge is 2.25. The summed E-state index contributed by atoms with van der Waals surface area (Å²) in [7, 11) is 1.60. The van der Waals surface area contributed by atoms with Gasteiger partial charge in [-0.1, -0.05) is 65.7 Å². The summed E-state index contributed by atoms with van der Waals surface area (Å²) in [5, 5.41) is 3.68. The Bertz CT molecular complexity index is 1110. The number of rotatable bonds is 8. The van der Waals surface area contributed by atoms with Crippen molar-refractivity contribution in [2.45, 2.75) is 19.6 Å². The zero-order chi connectivity index (χ0) is 24.6. The third-order valence-corrected chi connectivity index (χ3v) is 6.46. The van der Waals surface area contributed by atoms with Crippen LogP contribution in [-0.4, -0.2) is 55.7 Å². The van der Waals surface area contributed by atoms with E-state index in [0.29, 0.717) is 36.2 Å². The molecule has 184 valence electrons. The van der Waals surface area contributed by atoms with Crippen LogP contribution >= 0.6 is 11.6 Å². The highest BCUT2D eigenvalue weighted by molar-refractivity contribution is 6.30. The maximum atomic E-state index is 12.8. The number of methoxy groups -OCH3 is 1. The molecule has 3 aromatic carbocycles. The van der Waals surface area contributed by atoms with Crippen LogP contribution in [0.3, 0.4) is 0 Å². The van der Waals surface area contributed by atoms with Crippen LogP contribution in [0, 0.1) is 6.92 Å². The van der Waals surface area contributed by atoms with E-state index in [1.54, 1.807) is 7.11 Å². The van der Waals surface area contributed by atoms with Crippen molar-refractivity contribution in [2.24, 2.45) is 0 Å². The van der Waals surface area contributed by atoms with Gasteiger partial charge in [-0.2, -0.15) is 0 Å². The van der Waals surface area contributed by atoms with Gasteiger partial charge in [0.1, 0.15) is 5.75 Å². The number of anilines is 1. The van der Waals surface area contributed by atoms with E-state index in [-0.39, 0.29) is 12.1 Å². The third-order valence-electron chi connectivity index (χ3n) is 6.21. The lowest BCUT2D eigenvalue weighted by molar-refractivity contribution is 0.00592. The molecule has 2 amide bonds. The van der Waals surface area contributed by atoms with E-state index in [9.17, 15) is 4.79 Å². The highest BCUT2D eigenvalue weighted by atomic mass is 35.5. The summed E-state index contributed by atoms with van der Waals surface area (Å²) in [6.45, 7) is 6.21. The van der Waals surface area contributed by atoms with Crippen LogP contribution in [-0.2, 0) is 11.3 Å². The minimum Gasteiger partial charge on any atom is -0.495 e. The summed E-state index contributed by atoms with van der Waals surface area (Å²) in [6.07, 6.45) is -0.0956. The number of para-hydroxylation sites is 2. The molecule has 1 aliphatic rings. The zero-order valence-electron chi connectivity index (χ0n) is 20.2. The van der Waals surface area contributed by atoms with Crippen LogP contribution in [0.1, 0.15) is 22.8 Å². The molecule has 1 heterocycles. The van der Waals surface area contributed by atoms with E-state index in [1.165, 1.54) is 5.56 Å². The van der Waals surface area contributed by atoms with Gasteiger partial charge in [0.25, 0.3) is 0 Å². The number of halogens is 1. The van der Waals surface area contributed by atoms with Crippen molar-refractivity contribution in [1.29, 1.82) is 0 Å². The number of amides is 2. The van der Waals surface area contributed by atoms with Gasteiger partial charge in [-0.25, -0.2) is 4.79 Å². The summed E-state index contributed by atoms with van der Waals surface area (Å²) in [6, 6.07) is 23.6. The van der Waals surface area contributed by atoms with Crippen molar-refractivity contribution in [3.63, 3.8) is 0 Å². The van der Waals surface area contributed by atoms with Crippen LogP contribution in [0.4, 0.5) is 10.5 Å². The summed E-state index contributed by atoms with van der Waals surface area (Å²) in [5.41, 5.74) is 4.15. The lowest BCUT2D eigenvalue weighted by atomic mass is 10.1. The summed E-state index contributed by atoms with van der Waals surface area (Å²) < 4.78 is 11.7. The maximum absolute atomic E-state index is 12.8. The molecule has 1 saturated heterocycles. The van der Waals surface area contributed by atoms with E-state index >= 15 is 0 Å². The lowest BCUT2D eigenvalue weighted by Gasteiger charge is -2.36. The van der Waals surface area contributed by atoms with Crippen LogP contribution in [0.25, 0.3) is 0 Å². The first-order chi connectivity index (χ1) is 17.0. The summed E-state index contributed by atoms with van der Waals surface area (Å²) in [4.78, 5) is 17.0. The molecule has 35 heavy (non-hydrogen) atoms. The number of hydrogen-bond donors (Lipinski definition) is 1. The number of carbonyl (C=O) groups excluding carboxylic acids is 1. The molecular formula is C28H32ClN3O3. The van der Waals surface area contributed by atoms with Gasteiger partial charge in [-0.05, 0) is 42.3 Å². The Kier molecular flexibility index (Phi) is 8.64. The molecule has 1 atom stereocenters. The predicted molar refractivity (Wildman–Crippen MR) is 140 cm³/mol. The molecule has 0 saturated carbocycles. The van der Waals surface area contributed by atoms with E-state index < -0.39 is 0 Å². The fourth-order valence-electron chi connectivity index (χ4n) is 4.24. The minimum atomic E-state index is -0.112. The van der Waals surface area contributed by atoms with Crippen LogP contribution in [0.2, 0.25) is 5.02 Å². The third kappa shape index (κ3) is 6.98. The van der Waals surface area contributed by atoms with Crippen molar-refractivity contribution >= 4 is 23.3 Å². The summed E-state index contributed by atoms with van der Waals surface area (Å²) >= 11 is 6.12. The quantitative estimate of drug-likeness (QED) is 0.433. The SMILES string of the molecule is COc1ccccc1NC(=O)N1CCN(CC(OCc2cccc(C)c2)c2ccc(Cl)cc2)CC1. The van der Waals surface area contributed by atoms with Crippen LogP contribution in [0.5, 0.6) is 5.75 Å². The zero-order valence-corrected chi connectivity index (χ0v) is 21.0. The molecule has 0 spiro atoms. The lowest BCUT2D eigenvalue weighted by Crippen LogP contribution is -2.50. The predicted octanol–water partition coefficient (Wildman–Crippen LogP) is 5.76. The number of piperazine rings is 1. The van der Waals surface area contributed by atoms with E-state index in [2.05, 4.69) is 41.4 Å². The van der Waals surface area contributed by atoms with E-state index in [1.807, 2.05) is 53.4 Å². The Labute approximate surface area is 212 Å². The molecule has 1 unspecified atom stereocenters. The normalized spacial score (nSPS) is 15.0. The Hall–Kier alpha value is -3.06. The first-order valence-corrected chi connectivity index (χ1v) is 12.2. The number of ether oxygens (including phenoxy) is 2. The maximum Gasteiger partial charge on any atom is 0.322 e. The smallest absolute Gasteiger partial charge is 0.322 e. The number of urea groups is 1. The molecular weight excluding hydrogens is 462 g/mol. The second-order valence-electron chi connectivity index (χ2n) is 8.76. The van der Waals surface area contributed by atoms with E-state index in [0.717, 1.165) is 30.8 Å². The van der Waals surface area contributed by atoms with Gasteiger partial charge in [0.2, 0.25) is 0 Å². The average Bonchev–Trinajstić information content (AvgIpc) is 2.88. The first kappa shape index (κ1) is 25.0. The fraction of sp³-hybridized carbons (Fsp3) is 0.321. The molecule has 0 radical (unpaired) electrons. The molecule has 1 N–H and O–H groups in total. The van der Waals surface area contributed by atoms with Gasteiger partial charge in [0, 0.05) is 37.7 Å². The van der Waals surface area contributed by atoms with Gasteiger partial charge in [0.05, 0.1) is 25.5 Å². The number of nitrogens with zero attached hydrogens (tertiary/aromatic N) is 2. The van der Waals surface area contributed by atoms with Crippen LogP contribution in [0.15, 0.2) is 72.8 Å². The van der Waals surface area contributed by atoms with Gasteiger partial charge >= 0.3 is 6.03 Å². The average molecular weight is 494 g/mol. The van der Waals surface area contributed by atoms with Crippen molar-refractivity contribution in [3.8, 4) is 5.75 Å². The number of benzene rings is 3. The molecule has 6 nitrogen and oxygen atoms in total. The Balaban J connectivity index is 1.35. The van der Waals surface area contributed by atoms with Gasteiger partial charge < -0.3 is 19.7 Å². The second-order valence-corrected chi connectivity index (χ2v) is 9.19. The van der Waals surface area contributed by atoms with Crippen LogP contribution < -0.4 is 10.1 Å². The van der Waals surface area contributed by atoms with Crippen molar-refractivity contribution in [1.82, 2.24) is 9.80 Å². The number of carbonyl (C=O) groups is 1. The monoisotopic (exact) mass is 493 g/mol. The molecule has 0 aliphatic carbocycles. The number of nitrogens with one attached hydrogen (secondary N) is 1.